The molecule has 0 fully saturated rings. The summed E-state index contributed by atoms with van der Waals surface area (Å²) >= 11 is 0. The Labute approximate surface area is 126 Å². The highest BCUT2D eigenvalue weighted by molar-refractivity contribution is 5.85. The van der Waals surface area contributed by atoms with Gasteiger partial charge in [-0.15, -0.1) is 0 Å². The van der Waals surface area contributed by atoms with Crippen molar-refractivity contribution in [3.8, 4) is 11.5 Å². The van der Waals surface area contributed by atoms with Crippen LogP contribution in [0.5, 0.6) is 11.5 Å². The topological polar surface area (TPSA) is 98.9 Å². The van der Waals surface area contributed by atoms with Crippen molar-refractivity contribution in [2.45, 2.75) is 0 Å². The summed E-state index contributed by atoms with van der Waals surface area (Å²) in [4.78, 5) is 13.9. The van der Waals surface area contributed by atoms with E-state index in [2.05, 4.69) is 15.5 Å². The summed E-state index contributed by atoms with van der Waals surface area (Å²) in [6.07, 6.45) is 2.70. The number of methoxy groups -OCH3 is 2. The quantitative estimate of drug-likeness (QED) is 0.500. The van der Waals surface area contributed by atoms with Crippen LogP contribution in [-0.4, -0.2) is 30.3 Å². The summed E-state index contributed by atoms with van der Waals surface area (Å²) in [5.74, 6) is 1.55. The lowest BCUT2D eigenvalue weighted by atomic mass is 10.2. The second kappa shape index (κ2) is 7.02. The molecule has 0 spiro atoms. The van der Waals surface area contributed by atoms with Crippen molar-refractivity contribution in [2.75, 3.05) is 19.6 Å². The molecule has 0 unspecified atom stereocenters. The van der Waals surface area contributed by atoms with Crippen molar-refractivity contribution in [3.63, 3.8) is 0 Å². The van der Waals surface area contributed by atoms with E-state index >= 15 is 0 Å². The second-order valence-corrected chi connectivity index (χ2v) is 4.11. The Morgan fingerprint density at radius 3 is 2.68 bits per heavy atom. The smallest absolute Gasteiger partial charge is 0.287 e. The molecule has 1 heterocycles. The molecule has 2 aromatic rings. The SMILES string of the molecule is COc1cccc(/C=N\Nc2ccc([N+](=O)[O-])cn2)c1OC. The Morgan fingerprint density at radius 1 is 1.27 bits per heavy atom. The molecule has 8 nitrogen and oxygen atoms in total. The van der Waals surface area contributed by atoms with E-state index in [0.29, 0.717) is 17.3 Å². The van der Waals surface area contributed by atoms with Crippen molar-refractivity contribution in [2.24, 2.45) is 5.10 Å². The number of anilines is 1. The molecule has 1 aromatic heterocycles. The van der Waals surface area contributed by atoms with Crippen molar-refractivity contribution < 1.29 is 14.4 Å². The number of pyridine rings is 1. The Morgan fingerprint density at radius 2 is 2.09 bits per heavy atom. The molecule has 0 aliphatic carbocycles. The zero-order valence-electron chi connectivity index (χ0n) is 12.0. The van der Waals surface area contributed by atoms with Crippen LogP contribution in [-0.2, 0) is 0 Å². The Balaban J connectivity index is 2.11. The van der Waals surface area contributed by atoms with E-state index in [4.69, 9.17) is 9.47 Å². The molecule has 0 aliphatic heterocycles. The van der Waals surface area contributed by atoms with Crippen LogP contribution in [0.15, 0.2) is 41.6 Å². The maximum absolute atomic E-state index is 10.5. The Bertz CT molecular complexity index is 686. The first-order valence-corrected chi connectivity index (χ1v) is 6.26. The van der Waals surface area contributed by atoms with Gasteiger partial charge in [-0.2, -0.15) is 5.10 Å². The fourth-order valence-corrected chi connectivity index (χ4v) is 1.74. The third-order valence-electron chi connectivity index (χ3n) is 2.77. The molecule has 2 rings (SSSR count). The maximum atomic E-state index is 10.5. The normalized spacial score (nSPS) is 10.5. The third-order valence-corrected chi connectivity index (χ3v) is 2.77. The predicted molar refractivity (Wildman–Crippen MR) is 81.7 cm³/mol. The van der Waals surface area contributed by atoms with Crippen LogP contribution in [0.3, 0.4) is 0 Å². The van der Waals surface area contributed by atoms with Gasteiger partial charge in [-0.05, 0) is 18.2 Å². The molecule has 0 radical (unpaired) electrons. The van der Waals surface area contributed by atoms with Gasteiger partial charge in [0.05, 0.1) is 25.4 Å². The third kappa shape index (κ3) is 3.48. The minimum Gasteiger partial charge on any atom is -0.493 e. The summed E-state index contributed by atoms with van der Waals surface area (Å²) in [5.41, 5.74) is 3.33. The summed E-state index contributed by atoms with van der Waals surface area (Å²) in [6.45, 7) is 0. The van der Waals surface area contributed by atoms with Crippen LogP contribution in [0.25, 0.3) is 0 Å². The molecule has 0 saturated carbocycles. The standard InChI is InChI=1S/C14H14N4O4/c1-21-12-5-3-4-10(14(12)22-2)8-16-17-13-7-6-11(9-15-13)18(19)20/h3-9H,1-2H3,(H,15,17)/b16-8-. The van der Waals surface area contributed by atoms with E-state index in [1.54, 1.807) is 26.5 Å². The van der Waals surface area contributed by atoms with Crippen LogP contribution in [0.2, 0.25) is 0 Å². The Hall–Kier alpha value is -3.16. The summed E-state index contributed by atoms with van der Waals surface area (Å²) in [6, 6.07) is 8.22. The monoisotopic (exact) mass is 302 g/mol. The molecule has 114 valence electrons. The zero-order chi connectivity index (χ0) is 15.9. The predicted octanol–water partition coefficient (Wildman–Crippen LogP) is 2.45. The number of hydrazone groups is 1. The molecule has 1 aromatic carbocycles. The van der Waals surface area contributed by atoms with E-state index in [9.17, 15) is 10.1 Å². The van der Waals surface area contributed by atoms with Gasteiger partial charge in [-0.3, -0.25) is 15.5 Å². The van der Waals surface area contributed by atoms with Crippen LogP contribution in [0.4, 0.5) is 11.5 Å². The number of nitrogens with zero attached hydrogens (tertiary/aromatic N) is 3. The van der Waals surface area contributed by atoms with Gasteiger partial charge >= 0.3 is 0 Å². The van der Waals surface area contributed by atoms with Gasteiger partial charge in [-0.25, -0.2) is 4.98 Å². The highest BCUT2D eigenvalue weighted by Crippen LogP contribution is 2.29. The fraction of sp³-hybridized carbons (Fsp3) is 0.143. The largest absolute Gasteiger partial charge is 0.493 e. The summed E-state index contributed by atoms with van der Waals surface area (Å²) in [7, 11) is 3.10. The first-order chi connectivity index (χ1) is 10.7. The number of ether oxygens (including phenoxy) is 2. The van der Waals surface area contributed by atoms with Gasteiger partial charge in [0.1, 0.15) is 12.0 Å². The fourth-order valence-electron chi connectivity index (χ4n) is 1.74. The first-order valence-electron chi connectivity index (χ1n) is 6.26. The van der Waals surface area contributed by atoms with Gasteiger partial charge in [-0.1, -0.05) is 6.07 Å². The van der Waals surface area contributed by atoms with Crippen LogP contribution in [0, 0.1) is 10.1 Å². The van der Waals surface area contributed by atoms with Crippen molar-refractivity contribution in [3.05, 3.63) is 52.2 Å². The van der Waals surface area contributed by atoms with Gasteiger partial charge < -0.3 is 9.47 Å². The van der Waals surface area contributed by atoms with Gasteiger partial charge in [0.25, 0.3) is 5.69 Å². The molecule has 0 saturated heterocycles. The minimum atomic E-state index is -0.513. The molecular weight excluding hydrogens is 288 g/mol. The summed E-state index contributed by atoms with van der Waals surface area (Å²) in [5, 5.41) is 14.6. The number of nitro groups is 1. The molecule has 8 heteroatoms. The molecule has 0 amide bonds. The van der Waals surface area contributed by atoms with E-state index in [-0.39, 0.29) is 5.69 Å². The number of hydrogen-bond donors (Lipinski definition) is 1. The van der Waals surface area contributed by atoms with E-state index in [1.807, 2.05) is 12.1 Å². The van der Waals surface area contributed by atoms with Crippen LogP contribution >= 0.6 is 0 Å². The lowest BCUT2D eigenvalue weighted by Crippen LogP contribution is -1.98. The number of benzene rings is 1. The molecule has 0 bridgehead atoms. The Kier molecular flexibility index (Phi) is 4.86. The zero-order valence-corrected chi connectivity index (χ0v) is 12.0. The van der Waals surface area contributed by atoms with Crippen molar-refractivity contribution >= 4 is 17.7 Å². The van der Waals surface area contributed by atoms with Crippen molar-refractivity contribution in [1.29, 1.82) is 0 Å². The number of nitrogens with one attached hydrogen (secondary N) is 1. The molecule has 0 aliphatic rings. The highest BCUT2D eigenvalue weighted by Gasteiger charge is 2.07. The lowest BCUT2D eigenvalue weighted by molar-refractivity contribution is -0.385. The average Bonchev–Trinajstić information content (AvgIpc) is 2.55. The molecule has 0 atom stereocenters. The number of aromatic nitrogens is 1. The lowest BCUT2D eigenvalue weighted by Gasteiger charge is -2.09. The average molecular weight is 302 g/mol. The van der Waals surface area contributed by atoms with Crippen LogP contribution < -0.4 is 14.9 Å². The van der Waals surface area contributed by atoms with Gasteiger partial charge in [0.2, 0.25) is 0 Å². The highest BCUT2D eigenvalue weighted by atomic mass is 16.6. The van der Waals surface area contributed by atoms with Gasteiger partial charge in [0.15, 0.2) is 11.5 Å². The molecule has 22 heavy (non-hydrogen) atoms. The van der Waals surface area contributed by atoms with Crippen molar-refractivity contribution in [1.82, 2.24) is 4.98 Å². The second-order valence-electron chi connectivity index (χ2n) is 4.11. The van der Waals surface area contributed by atoms with E-state index in [1.165, 1.54) is 12.1 Å². The number of rotatable bonds is 6. The van der Waals surface area contributed by atoms with E-state index < -0.39 is 4.92 Å². The van der Waals surface area contributed by atoms with Gasteiger partial charge in [0, 0.05) is 11.6 Å². The number of hydrogen-bond acceptors (Lipinski definition) is 7. The molecular formula is C14H14N4O4. The maximum Gasteiger partial charge on any atom is 0.287 e. The molecule has 1 N–H and O–H groups in total. The van der Waals surface area contributed by atoms with Crippen LogP contribution in [0.1, 0.15) is 5.56 Å². The van der Waals surface area contributed by atoms with E-state index in [0.717, 1.165) is 11.8 Å². The first kappa shape index (κ1) is 15.2. The summed E-state index contributed by atoms with van der Waals surface area (Å²) < 4.78 is 10.5. The number of para-hydroxylation sites is 1. The minimum absolute atomic E-state index is 0.0796.